The molecule has 1 fully saturated rings. The van der Waals surface area contributed by atoms with Crippen LogP contribution < -0.4 is 0 Å². The van der Waals surface area contributed by atoms with Crippen molar-refractivity contribution in [1.82, 2.24) is 24.6 Å². The van der Waals surface area contributed by atoms with E-state index in [1.165, 1.54) is 12.0 Å². The second-order valence-corrected chi connectivity index (χ2v) is 6.33. The Balaban J connectivity index is 1.52. The van der Waals surface area contributed by atoms with Gasteiger partial charge in [-0.25, -0.2) is 0 Å². The number of aromatic nitrogens is 4. The Labute approximate surface area is 142 Å². The van der Waals surface area contributed by atoms with Crippen molar-refractivity contribution in [1.29, 1.82) is 0 Å². The molecular weight excluding hydrogens is 298 g/mol. The van der Waals surface area contributed by atoms with Crippen molar-refractivity contribution in [3.63, 3.8) is 0 Å². The van der Waals surface area contributed by atoms with Gasteiger partial charge in [-0.15, -0.1) is 10.2 Å². The van der Waals surface area contributed by atoms with Crippen LogP contribution in [0, 0.1) is 0 Å². The average molecular weight is 319 g/mol. The summed E-state index contributed by atoms with van der Waals surface area (Å²) in [5, 5.41) is 8.60. The quantitative estimate of drug-likeness (QED) is 0.741. The summed E-state index contributed by atoms with van der Waals surface area (Å²) in [6.07, 6.45) is 7.95. The maximum atomic E-state index is 4.43. The lowest BCUT2D eigenvalue weighted by Crippen LogP contribution is -2.34. The molecule has 2 aromatic heterocycles. The van der Waals surface area contributed by atoms with Crippen molar-refractivity contribution in [2.75, 3.05) is 13.1 Å². The number of para-hydroxylation sites is 1. The van der Waals surface area contributed by atoms with E-state index in [0.717, 1.165) is 37.6 Å². The van der Waals surface area contributed by atoms with Crippen LogP contribution in [-0.4, -0.2) is 37.7 Å². The minimum atomic E-state index is 0.415. The average Bonchev–Trinajstić information content (AvgIpc) is 3.13. The standard InChI is InChI=1S/C19H21N5/c1-2-8-18(9-3-1)24-15-21-22-19(24)17-7-5-11-23(14-17)13-16-6-4-10-20-12-16/h1-4,6,8-10,12,15,17H,5,7,11,13-14H2/t17-/m1/s1. The molecule has 1 aromatic carbocycles. The Hall–Kier alpha value is -2.53. The van der Waals surface area contributed by atoms with Crippen molar-refractivity contribution in [2.24, 2.45) is 0 Å². The van der Waals surface area contributed by atoms with Crippen molar-refractivity contribution < 1.29 is 0 Å². The van der Waals surface area contributed by atoms with Gasteiger partial charge < -0.3 is 0 Å². The molecule has 24 heavy (non-hydrogen) atoms. The summed E-state index contributed by atoms with van der Waals surface area (Å²) < 4.78 is 2.12. The molecule has 0 amide bonds. The van der Waals surface area contributed by atoms with Gasteiger partial charge in [-0.05, 0) is 43.1 Å². The van der Waals surface area contributed by atoms with Crippen LogP contribution in [-0.2, 0) is 6.54 Å². The van der Waals surface area contributed by atoms with Gasteiger partial charge >= 0.3 is 0 Å². The van der Waals surface area contributed by atoms with Crippen LogP contribution in [0.4, 0.5) is 0 Å². The lowest BCUT2D eigenvalue weighted by atomic mass is 9.96. The van der Waals surface area contributed by atoms with Crippen molar-refractivity contribution >= 4 is 0 Å². The molecule has 5 nitrogen and oxygen atoms in total. The first-order valence-electron chi connectivity index (χ1n) is 8.47. The number of likely N-dealkylation sites (tertiary alicyclic amines) is 1. The van der Waals surface area contributed by atoms with E-state index in [-0.39, 0.29) is 0 Å². The van der Waals surface area contributed by atoms with Crippen molar-refractivity contribution in [3.8, 4) is 5.69 Å². The Bertz CT molecular complexity index is 769. The van der Waals surface area contributed by atoms with Crippen LogP contribution in [0.2, 0.25) is 0 Å². The predicted octanol–water partition coefficient (Wildman–Crippen LogP) is 3.04. The van der Waals surface area contributed by atoms with Gasteiger partial charge in [0.1, 0.15) is 12.2 Å². The number of hydrogen-bond acceptors (Lipinski definition) is 4. The summed E-state index contributed by atoms with van der Waals surface area (Å²) in [5.41, 5.74) is 2.39. The third-order valence-electron chi connectivity index (χ3n) is 4.61. The zero-order chi connectivity index (χ0) is 16.2. The zero-order valence-electron chi connectivity index (χ0n) is 13.6. The number of pyridine rings is 1. The lowest BCUT2D eigenvalue weighted by Gasteiger charge is -2.32. The molecular formula is C19H21N5. The highest BCUT2D eigenvalue weighted by molar-refractivity contribution is 5.32. The highest BCUT2D eigenvalue weighted by Gasteiger charge is 2.25. The first-order chi connectivity index (χ1) is 11.9. The summed E-state index contributed by atoms with van der Waals surface area (Å²) in [6.45, 7) is 3.09. The number of nitrogens with zero attached hydrogens (tertiary/aromatic N) is 5. The monoisotopic (exact) mass is 319 g/mol. The Morgan fingerprint density at radius 2 is 2.00 bits per heavy atom. The number of benzene rings is 1. The fraction of sp³-hybridized carbons (Fsp3) is 0.316. The molecule has 1 saturated heterocycles. The summed E-state index contributed by atoms with van der Waals surface area (Å²) in [5.74, 6) is 1.48. The maximum absolute atomic E-state index is 4.43. The van der Waals surface area contributed by atoms with E-state index >= 15 is 0 Å². The molecule has 1 aliphatic heterocycles. The van der Waals surface area contributed by atoms with Gasteiger partial charge in [-0.1, -0.05) is 24.3 Å². The van der Waals surface area contributed by atoms with Gasteiger partial charge in [-0.3, -0.25) is 14.5 Å². The lowest BCUT2D eigenvalue weighted by molar-refractivity contribution is 0.195. The molecule has 1 atom stereocenters. The van der Waals surface area contributed by atoms with Gasteiger partial charge in [0.05, 0.1) is 0 Å². The molecule has 0 N–H and O–H groups in total. The molecule has 3 aromatic rings. The second-order valence-electron chi connectivity index (χ2n) is 6.33. The third-order valence-corrected chi connectivity index (χ3v) is 4.61. The molecule has 0 unspecified atom stereocenters. The SMILES string of the molecule is c1ccc(-n2cnnc2[C@@H]2CCCN(Cc3cccnc3)C2)cc1. The highest BCUT2D eigenvalue weighted by Crippen LogP contribution is 2.27. The third kappa shape index (κ3) is 3.21. The Kier molecular flexibility index (Phi) is 4.34. The Morgan fingerprint density at radius 3 is 2.83 bits per heavy atom. The minimum Gasteiger partial charge on any atom is -0.298 e. The van der Waals surface area contributed by atoms with Gasteiger partial charge in [0.15, 0.2) is 0 Å². The molecule has 0 bridgehead atoms. The predicted molar refractivity (Wildman–Crippen MR) is 92.8 cm³/mol. The van der Waals surface area contributed by atoms with E-state index in [1.807, 2.05) is 30.9 Å². The van der Waals surface area contributed by atoms with Crippen LogP contribution in [0.1, 0.15) is 30.1 Å². The fourth-order valence-electron chi connectivity index (χ4n) is 3.47. The van der Waals surface area contributed by atoms with Crippen LogP contribution in [0.3, 0.4) is 0 Å². The normalized spacial score (nSPS) is 18.6. The molecule has 3 heterocycles. The maximum Gasteiger partial charge on any atom is 0.141 e. The van der Waals surface area contributed by atoms with Crippen LogP contribution in [0.15, 0.2) is 61.2 Å². The number of piperidine rings is 1. The van der Waals surface area contributed by atoms with E-state index in [0.29, 0.717) is 5.92 Å². The molecule has 0 spiro atoms. The largest absolute Gasteiger partial charge is 0.298 e. The summed E-state index contributed by atoms with van der Waals surface area (Å²) in [4.78, 5) is 6.71. The molecule has 0 radical (unpaired) electrons. The Morgan fingerprint density at radius 1 is 1.08 bits per heavy atom. The number of hydrogen-bond donors (Lipinski definition) is 0. The van der Waals surface area contributed by atoms with E-state index in [1.54, 1.807) is 0 Å². The van der Waals surface area contributed by atoms with Crippen molar-refractivity contribution in [2.45, 2.75) is 25.3 Å². The van der Waals surface area contributed by atoms with E-state index < -0.39 is 0 Å². The van der Waals surface area contributed by atoms with Crippen LogP contribution >= 0.6 is 0 Å². The van der Waals surface area contributed by atoms with Gasteiger partial charge in [-0.2, -0.15) is 0 Å². The van der Waals surface area contributed by atoms with E-state index in [2.05, 4.69) is 55.0 Å². The first-order valence-corrected chi connectivity index (χ1v) is 8.47. The highest BCUT2D eigenvalue weighted by atomic mass is 15.3. The fourth-order valence-corrected chi connectivity index (χ4v) is 3.47. The second kappa shape index (κ2) is 6.93. The molecule has 122 valence electrons. The van der Waals surface area contributed by atoms with Crippen molar-refractivity contribution in [3.05, 3.63) is 72.6 Å². The van der Waals surface area contributed by atoms with Crippen LogP contribution in [0.25, 0.3) is 5.69 Å². The zero-order valence-corrected chi connectivity index (χ0v) is 13.6. The van der Waals surface area contributed by atoms with Gasteiger partial charge in [0, 0.05) is 37.1 Å². The van der Waals surface area contributed by atoms with E-state index in [4.69, 9.17) is 0 Å². The first kappa shape index (κ1) is 15.0. The molecule has 5 heteroatoms. The molecule has 0 saturated carbocycles. The van der Waals surface area contributed by atoms with E-state index in [9.17, 15) is 0 Å². The summed E-state index contributed by atoms with van der Waals surface area (Å²) in [7, 11) is 0. The molecule has 4 rings (SSSR count). The molecule has 0 aliphatic carbocycles. The smallest absolute Gasteiger partial charge is 0.141 e. The molecule has 1 aliphatic rings. The topological polar surface area (TPSA) is 46.8 Å². The van der Waals surface area contributed by atoms with Gasteiger partial charge in [0.2, 0.25) is 0 Å². The van der Waals surface area contributed by atoms with Gasteiger partial charge in [0.25, 0.3) is 0 Å². The summed E-state index contributed by atoms with van der Waals surface area (Å²) in [6, 6.07) is 14.5. The van der Waals surface area contributed by atoms with Crippen LogP contribution in [0.5, 0.6) is 0 Å². The summed E-state index contributed by atoms with van der Waals surface area (Å²) >= 11 is 0. The minimum absolute atomic E-state index is 0.415. The number of rotatable bonds is 4.